The standard InChI is InChI=1S/C15H22N2/c1-11-5-3-4-6-15(11)16-13-9-12(2)17(10-13)14-7-8-14/h3-6,12-14,16H,7-10H2,1-2H3. The highest BCUT2D eigenvalue weighted by Crippen LogP contribution is 2.34. The van der Waals surface area contributed by atoms with E-state index in [1.807, 2.05) is 0 Å². The smallest absolute Gasteiger partial charge is 0.0403 e. The van der Waals surface area contributed by atoms with Gasteiger partial charge in [0.05, 0.1) is 0 Å². The lowest BCUT2D eigenvalue weighted by molar-refractivity contribution is 0.257. The Morgan fingerprint density at radius 3 is 2.71 bits per heavy atom. The van der Waals surface area contributed by atoms with Crippen molar-refractivity contribution in [1.82, 2.24) is 4.90 Å². The van der Waals surface area contributed by atoms with E-state index in [4.69, 9.17) is 0 Å². The molecule has 1 aromatic carbocycles. The summed E-state index contributed by atoms with van der Waals surface area (Å²) < 4.78 is 0. The van der Waals surface area contributed by atoms with E-state index in [0.29, 0.717) is 6.04 Å². The third-order valence-corrected chi connectivity index (χ3v) is 4.14. The Balaban J connectivity index is 1.65. The molecule has 0 radical (unpaired) electrons. The maximum atomic E-state index is 3.71. The molecule has 0 spiro atoms. The van der Waals surface area contributed by atoms with E-state index in [9.17, 15) is 0 Å². The topological polar surface area (TPSA) is 15.3 Å². The minimum Gasteiger partial charge on any atom is -0.381 e. The molecule has 2 nitrogen and oxygen atoms in total. The molecule has 1 saturated carbocycles. The molecular formula is C15H22N2. The summed E-state index contributed by atoms with van der Waals surface area (Å²) in [6.45, 7) is 5.78. The monoisotopic (exact) mass is 230 g/mol. The van der Waals surface area contributed by atoms with Crippen LogP contribution in [-0.2, 0) is 0 Å². The number of hydrogen-bond donors (Lipinski definition) is 1. The molecule has 3 rings (SSSR count). The first kappa shape index (κ1) is 11.1. The Morgan fingerprint density at radius 2 is 2.00 bits per heavy atom. The Hall–Kier alpha value is -1.02. The van der Waals surface area contributed by atoms with E-state index < -0.39 is 0 Å². The van der Waals surface area contributed by atoms with E-state index in [0.717, 1.165) is 12.1 Å². The van der Waals surface area contributed by atoms with E-state index in [1.54, 1.807) is 0 Å². The fraction of sp³-hybridized carbons (Fsp3) is 0.600. The van der Waals surface area contributed by atoms with Crippen molar-refractivity contribution >= 4 is 5.69 Å². The van der Waals surface area contributed by atoms with Crippen LogP contribution in [0.3, 0.4) is 0 Å². The fourth-order valence-corrected chi connectivity index (χ4v) is 3.03. The number of hydrogen-bond acceptors (Lipinski definition) is 2. The zero-order valence-corrected chi connectivity index (χ0v) is 10.8. The molecule has 1 aliphatic carbocycles. The SMILES string of the molecule is Cc1ccccc1NC1CC(C)N(C2CC2)C1. The Labute approximate surface area is 104 Å². The number of benzene rings is 1. The van der Waals surface area contributed by atoms with Gasteiger partial charge in [-0.3, -0.25) is 4.90 Å². The maximum absolute atomic E-state index is 3.71. The number of aryl methyl sites for hydroxylation is 1. The van der Waals surface area contributed by atoms with Crippen LogP contribution in [0.1, 0.15) is 31.7 Å². The summed E-state index contributed by atoms with van der Waals surface area (Å²) >= 11 is 0. The molecule has 1 aliphatic heterocycles. The highest BCUT2D eigenvalue weighted by molar-refractivity contribution is 5.51. The van der Waals surface area contributed by atoms with Gasteiger partial charge < -0.3 is 5.32 Å². The van der Waals surface area contributed by atoms with Crippen LogP contribution in [0, 0.1) is 6.92 Å². The first-order chi connectivity index (χ1) is 8.24. The second-order valence-corrected chi connectivity index (χ2v) is 5.67. The van der Waals surface area contributed by atoms with Gasteiger partial charge in [-0.05, 0) is 44.7 Å². The van der Waals surface area contributed by atoms with Crippen molar-refractivity contribution in [2.24, 2.45) is 0 Å². The fourth-order valence-electron chi connectivity index (χ4n) is 3.03. The van der Waals surface area contributed by atoms with Crippen LogP contribution in [0.5, 0.6) is 0 Å². The predicted octanol–water partition coefficient (Wildman–Crippen LogP) is 3.03. The molecule has 17 heavy (non-hydrogen) atoms. The molecule has 92 valence electrons. The van der Waals surface area contributed by atoms with E-state index in [-0.39, 0.29) is 0 Å². The quantitative estimate of drug-likeness (QED) is 0.858. The highest BCUT2D eigenvalue weighted by atomic mass is 15.3. The second-order valence-electron chi connectivity index (χ2n) is 5.67. The first-order valence-electron chi connectivity index (χ1n) is 6.82. The van der Waals surface area contributed by atoms with Crippen molar-refractivity contribution in [1.29, 1.82) is 0 Å². The molecule has 1 N–H and O–H groups in total. The molecule has 0 aromatic heterocycles. The zero-order valence-electron chi connectivity index (χ0n) is 10.8. The van der Waals surface area contributed by atoms with Crippen LogP contribution >= 0.6 is 0 Å². The molecule has 2 unspecified atom stereocenters. The number of nitrogens with zero attached hydrogens (tertiary/aromatic N) is 1. The molecule has 2 fully saturated rings. The lowest BCUT2D eigenvalue weighted by atomic mass is 10.1. The van der Waals surface area contributed by atoms with Gasteiger partial charge in [0.2, 0.25) is 0 Å². The molecule has 0 bridgehead atoms. The molecule has 0 amide bonds. The summed E-state index contributed by atoms with van der Waals surface area (Å²) in [5.74, 6) is 0. The molecular weight excluding hydrogens is 208 g/mol. The van der Waals surface area contributed by atoms with Crippen LogP contribution < -0.4 is 5.32 Å². The summed E-state index contributed by atoms with van der Waals surface area (Å²) in [6, 6.07) is 10.9. The molecule has 1 aromatic rings. The first-order valence-corrected chi connectivity index (χ1v) is 6.82. The Bertz CT molecular complexity index is 398. The van der Waals surface area contributed by atoms with Crippen LogP contribution in [0.2, 0.25) is 0 Å². The van der Waals surface area contributed by atoms with Gasteiger partial charge in [0, 0.05) is 30.4 Å². The van der Waals surface area contributed by atoms with Crippen LogP contribution in [0.4, 0.5) is 5.69 Å². The Kier molecular flexibility index (Phi) is 2.83. The summed E-state index contributed by atoms with van der Waals surface area (Å²) in [6.07, 6.45) is 4.12. The maximum Gasteiger partial charge on any atom is 0.0403 e. The van der Waals surface area contributed by atoms with Crippen molar-refractivity contribution in [2.75, 3.05) is 11.9 Å². The minimum absolute atomic E-state index is 0.631. The minimum atomic E-state index is 0.631. The predicted molar refractivity (Wildman–Crippen MR) is 72.4 cm³/mol. The number of rotatable bonds is 3. The summed E-state index contributed by atoms with van der Waals surface area (Å²) in [5, 5.41) is 3.71. The highest BCUT2D eigenvalue weighted by Gasteiger charge is 2.38. The Morgan fingerprint density at radius 1 is 1.24 bits per heavy atom. The number of para-hydroxylation sites is 1. The summed E-state index contributed by atoms with van der Waals surface area (Å²) in [4.78, 5) is 2.69. The van der Waals surface area contributed by atoms with Gasteiger partial charge in [-0.1, -0.05) is 18.2 Å². The van der Waals surface area contributed by atoms with E-state index in [2.05, 4.69) is 48.3 Å². The molecule has 1 heterocycles. The van der Waals surface area contributed by atoms with Crippen molar-refractivity contribution in [3.8, 4) is 0 Å². The number of nitrogens with one attached hydrogen (secondary N) is 1. The van der Waals surface area contributed by atoms with Gasteiger partial charge in [0.15, 0.2) is 0 Å². The van der Waals surface area contributed by atoms with Gasteiger partial charge >= 0.3 is 0 Å². The van der Waals surface area contributed by atoms with Crippen molar-refractivity contribution in [3.63, 3.8) is 0 Å². The lowest BCUT2D eigenvalue weighted by Crippen LogP contribution is -2.31. The van der Waals surface area contributed by atoms with E-state index >= 15 is 0 Å². The summed E-state index contributed by atoms with van der Waals surface area (Å²) in [5.41, 5.74) is 2.66. The zero-order chi connectivity index (χ0) is 11.8. The molecule has 2 aliphatic rings. The average molecular weight is 230 g/mol. The average Bonchev–Trinajstić information content (AvgIpc) is 3.07. The van der Waals surface area contributed by atoms with E-state index in [1.165, 1.54) is 37.1 Å². The third-order valence-electron chi connectivity index (χ3n) is 4.14. The normalized spacial score (nSPS) is 29.5. The van der Waals surface area contributed by atoms with Crippen LogP contribution in [0.15, 0.2) is 24.3 Å². The van der Waals surface area contributed by atoms with Gasteiger partial charge in [-0.15, -0.1) is 0 Å². The number of anilines is 1. The second kappa shape index (κ2) is 4.34. The van der Waals surface area contributed by atoms with Gasteiger partial charge in [-0.25, -0.2) is 0 Å². The van der Waals surface area contributed by atoms with Crippen molar-refractivity contribution < 1.29 is 0 Å². The van der Waals surface area contributed by atoms with Gasteiger partial charge in [0.25, 0.3) is 0 Å². The van der Waals surface area contributed by atoms with Crippen molar-refractivity contribution in [3.05, 3.63) is 29.8 Å². The summed E-state index contributed by atoms with van der Waals surface area (Å²) in [7, 11) is 0. The lowest BCUT2D eigenvalue weighted by Gasteiger charge is -2.20. The van der Waals surface area contributed by atoms with Crippen molar-refractivity contribution in [2.45, 2.75) is 51.2 Å². The number of likely N-dealkylation sites (tertiary alicyclic amines) is 1. The van der Waals surface area contributed by atoms with Crippen LogP contribution in [-0.4, -0.2) is 29.6 Å². The third kappa shape index (κ3) is 2.32. The molecule has 1 saturated heterocycles. The van der Waals surface area contributed by atoms with Gasteiger partial charge in [0.1, 0.15) is 0 Å². The molecule has 2 atom stereocenters. The molecule has 2 heteroatoms. The largest absolute Gasteiger partial charge is 0.381 e. The van der Waals surface area contributed by atoms with Crippen LogP contribution in [0.25, 0.3) is 0 Å². The van der Waals surface area contributed by atoms with Gasteiger partial charge in [-0.2, -0.15) is 0 Å².